The first kappa shape index (κ1) is 11.2. The van der Waals surface area contributed by atoms with Crippen molar-refractivity contribution in [1.82, 2.24) is 0 Å². The van der Waals surface area contributed by atoms with Crippen molar-refractivity contribution in [2.45, 2.75) is 12.8 Å². The Bertz CT molecular complexity index is 308. The van der Waals surface area contributed by atoms with Crippen molar-refractivity contribution in [3.8, 4) is 5.75 Å². The van der Waals surface area contributed by atoms with Gasteiger partial charge in [0.1, 0.15) is 5.75 Å². The quantitative estimate of drug-likeness (QED) is 0.798. The van der Waals surface area contributed by atoms with Crippen LogP contribution in [0.1, 0.15) is 12.8 Å². The van der Waals surface area contributed by atoms with Crippen LogP contribution in [0.15, 0.2) is 24.3 Å². The fourth-order valence-electron chi connectivity index (χ4n) is 1.68. The molecule has 0 bridgehead atoms. The molecule has 0 amide bonds. The van der Waals surface area contributed by atoms with Gasteiger partial charge in [-0.25, -0.2) is 0 Å². The Balaban J connectivity index is 1.81. The van der Waals surface area contributed by atoms with Gasteiger partial charge in [-0.3, -0.25) is 0 Å². The third kappa shape index (κ3) is 3.65. The van der Waals surface area contributed by atoms with Gasteiger partial charge in [-0.2, -0.15) is 0 Å². The largest absolute Gasteiger partial charge is 0.493 e. The van der Waals surface area contributed by atoms with E-state index in [4.69, 9.17) is 9.47 Å². The second kappa shape index (κ2) is 5.70. The zero-order valence-corrected chi connectivity index (χ0v) is 10.8. The predicted octanol–water partition coefficient (Wildman–Crippen LogP) is 3.10. The van der Waals surface area contributed by atoms with Gasteiger partial charge in [-0.15, -0.1) is 0 Å². The van der Waals surface area contributed by atoms with Gasteiger partial charge >= 0.3 is 0 Å². The summed E-state index contributed by atoms with van der Waals surface area (Å²) in [5, 5.41) is 0. The highest BCUT2D eigenvalue weighted by molar-refractivity contribution is 14.1. The molecule has 0 unspecified atom stereocenters. The molecule has 0 atom stereocenters. The first-order valence-corrected chi connectivity index (χ1v) is 6.38. The van der Waals surface area contributed by atoms with Crippen molar-refractivity contribution >= 4 is 22.6 Å². The lowest BCUT2D eigenvalue weighted by Gasteiger charge is -2.22. The minimum Gasteiger partial charge on any atom is -0.493 e. The maximum atomic E-state index is 5.77. The van der Waals surface area contributed by atoms with Crippen LogP contribution < -0.4 is 4.74 Å². The molecule has 15 heavy (non-hydrogen) atoms. The molecule has 1 aliphatic rings. The Hall–Kier alpha value is -0.290. The van der Waals surface area contributed by atoms with Crippen LogP contribution in [0.3, 0.4) is 0 Å². The Morgan fingerprint density at radius 1 is 1.33 bits per heavy atom. The van der Waals surface area contributed by atoms with Gasteiger partial charge in [0.25, 0.3) is 0 Å². The lowest BCUT2D eigenvalue weighted by Crippen LogP contribution is -2.21. The van der Waals surface area contributed by atoms with Gasteiger partial charge in [0.15, 0.2) is 0 Å². The van der Waals surface area contributed by atoms with Crippen LogP contribution in [0, 0.1) is 9.49 Å². The fraction of sp³-hybridized carbons (Fsp3) is 0.500. The van der Waals surface area contributed by atoms with Crippen LogP contribution in [0.25, 0.3) is 0 Å². The van der Waals surface area contributed by atoms with Gasteiger partial charge in [0.2, 0.25) is 0 Å². The Morgan fingerprint density at radius 2 is 2.13 bits per heavy atom. The van der Waals surface area contributed by atoms with E-state index in [0.717, 1.165) is 38.4 Å². The molecule has 2 rings (SSSR count). The van der Waals surface area contributed by atoms with Crippen molar-refractivity contribution in [3.05, 3.63) is 27.8 Å². The zero-order chi connectivity index (χ0) is 10.5. The SMILES string of the molecule is Ic1cccc(OCC2CCOCC2)c1. The zero-order valence-electron chi connectivity index (χ0n) is 8.62. The lowest BCUT2D eigenvalue weighted by molar-refractivity contribution is 0.0497. The van der Waals surface area contributed by atoms with E-state index in [1.807, 2.05) is 12.1 Å². The minimum atomic E-state index is 0.664. The van der Waals surface area contributed by atoms with Crippen molar-refractivity contribution < 1.29 is 9.47 Å². The van der Waals surface area contributed by atoms with Gasteiger partial charge in [0, 0.05) is 16.8 Å². The second-order valence-electron chi connectivity index (χ2n) is 3.82. The lowest BCUT2D eigenvalue weighted by atomic mass is 10.0. The van der Waals surface area contributed by atoms with Gasteiger partial charge in [0.05, 0.1) is 6.61 Å². The molecule has 0 saturated carbocycles. The molecule has 1 aromatic carbocycles. The fourth-order valence-corrected chi connectivity index (χ4v) is 2.20. The van der Waals surface area contributed by atoms with E-state index in [1.54, 1.807) is 0 Å². The first-order valence-electron chi connectivity index (χ1n) is 5.31. The maximum Gasteiger partial charge on any atom is 0.120 e. The monoisotopic (exact) mass is 318 g/mol. The van der Waals surface area contributed by atoms with E-state index in [1.165, 1.54) is 3.57 Å². The number of halogens is 1. The number of hydrogen-bond donors (Lipinski definition) is 0. The summed E-state index contributed by atoms with van der Waals surface area (Å²) in [7, 11) is 0. The van der Waals surface area contributed by atoms with Crippen LogP contribution in [-0.2, 0) is 4.74 Å². The summed E-state index contributed by atoms with van der Waals surface area (Å²) < 4.78 is 12.3. The molecular formula is C12H15IO2. The van der Waals surface area contributed by atoms with Gasteiger partial charge < -0.3 is 9.47 Å². The Labute approximate surface area is 104 Å². The highest BCUT2D eigenvalue weighted by Gasteiger charge is 2.14. The van der Waals surface area contributed by atoms with Crippen LogP contribution >= 0.6 is 22.6 Å². The molecular weight excluding hydrogens is 303 g/mol. The normalized spacial score (nSPS) is 17.7. The molecule has 1 heterocycles. The first-order chi connectivity index (χ1) is 7.34. The van der Waals surface area contributed by atoms with Gasteiger partial charge in [-0.1, -0.05) is 6.07 Å². The van der Waals surface area contributed by atoms with Crippen molar-refractivity contribution in [2.75, 3.05) is 19.8 Å². The molecule has 2 nitrogen and oxygen atoms in total. The topological polar surface area (TPSA) is 18.5 Å². The van der Waals surface area contributed by atoms with Crippen LogP contribution in [0.5, 0.6) is 5.75 Å². The average molecular weight is 318 g/mol. The molecule has 3 heteroatoms. The van der Waals surface area contributed by atoms with E-state index in [0.29, 0.717) is 5.92 Å². The Kier molecular flexibility index (Phi) is 4.26. The van der Waals surface area contributed by atoms with E-state index in [9.17, 15) is 0 Å². The number of ether oxygens (including phenoxy) is 2. The van der Waals surface area contributed by atoms with E-state index < -0.39 is 0 Å². The van der Waals surface area contributed by atoms with Crippen LogP contribution in [0.2, 0.25) is 0 Å². The highest BCUT2D eigenvalue weighted by Crippen LogP contribution is 2.19. The highest BCUT2D eigenvalue weighted by atomic mass is 127. The molecule has 0 aliphatic carbocycles. The molecule has 1 aromatic rings. The third-order valence-electron chi connectivity index (χ3n) is 2.62. The maximum absolute atomic E-state index is 5.77. The minimum absolute atomic E-state index is 0.664. The van der Waals surface area contributed by atoms with Crippen LogP contribution in [0.4, 0.5) is 0 Å². The molecule has 82 valence electrons. The standard InChI is InChI=1S/C12H15IO2/c13-11-2-1-3-12(8-11)15-9-10-4-6-14-7-5-10/h1-3,8,10H,4-7,9H2. The molecule has 0 N–H and O–H groups in total. The van der Waals surface area contributed by atoms with E-state index >= 15 is 0 Å². The number of hydrogen-bond acceptors (Lipinski definition) is 2. The number of rotatable bonds is 3. The summed E-state index contributed by atoms with van der Waals surface area (Å²) in [4.78, 5) is 0. The van der Waals surface area contributed by atoms with E-state index in [2.05, 4.69) is 34.7 Å². The summed E-state index contributed by atoms with van der Waals surface area (Å²) >= 11 is 2.30. The van der Waals surface area contributed by atoms with Crippen molar-refractivity contribution in [3.63, 3.8) is 0 Å². The predicted molar refractivity (Wildman–Crippen MR) is 68.2 cm³/mol. The number of benzene rings is 1. The average Bonchev–Trinajstić information content (AvgIpc) is 2.28. The molecule has 1 saturated heterocycles. The van der Waals surface area contributed by atoms with Crippen LogP contribution in [-0.4, -0.2) is 19.8 Å². The third-order valence-corrected chi connectivity index (χ3v) is 3.29. The molecule has 1 fully saturated rings. The molecule has 0 radical (unpaired) electrons. The molecule has 0 aromatic heterocycles. The second-order valence-corrected chi connectivity index (χ2v) is 5.07. The Morgan fingerprint density at radius 3 is 2.87 bits per heavy atom. The van der Waals surface area contributed by atoms with Crippen molar-refractivity contribution in [2.24, 2.45) is 5.92 Å². The van der Waals surface area contributed by atoms with Crippen molar-refractivity contribution in [1.29, 1.82) is 0 Å². The summed E-state index contributed by atoms with van der Waals surface area (Å²) in [5.41, 5.74) is 0. The molecule has 0 spiro atoms. The van der Waals surface area contributed by atoms with Gasteiger partial charge in [-0.05, 0) is 59.5 Å². The summed E-state index contributed by atoms with van der Waals surface area (Å²) in [6.45, 7) is 2.60. The summed E-state index contributed by atoms with van der Waals surface area (Å²) in [6.07, 6.45) is 2.26. The smallest absolute Gasteiger partial charge is 0.120 e. The molecule has 1 aliphatic heterocycles. The van der Waals surface area contributed by atoms with E-state index in [-0.39, 0.29) is 0 Å². The summed E-state index contributed by atoms with van der Waals surface area (Å²) in [6, 6.07) is 8.18. The summed E-state index contributed by atoms with van der Waals surface area (Å²) in [5.74, 6) is 1.64.